The van der Waals surface area contributed by atoms with E-state index in [1.807, 2.05) is 13.8 Å². The molecule has 2 rings (SSSR count). The van der Waals surface area contributed by atoms with Gasteiger partial charge in [-0.25, -0.2) is 19.7 Å². The third-order valence-electron chi connectivity index (χ3n) is 2.63. The highest BCUT2D eigenvalue weighted by molar-refractivity contribution is 5.94. The van der Waals surface area contributed by atoms with Crippen LogP contribution in [0, 0.1) is 0 Å². The minimum absolute atomic E-state index is 0.118. The summed E-state index contributed by atoms with van der Waals surface area (Å²) in [5.74, 6) is 0.918. The van der Waals surface area contributed by atoms with E-state index in [-0.39, 0.29) is 12.0 Å². The molecule has 0 unspecified atom stereocenters. The lowest BCUT2D eigenvalue weighted by molar-refractivity contribution is 0.203. The summed E-state index contributed by atoms with van der Waals surface area (Å²) >= 11 is 0. The van der Waals surface area contributed by atoms with Crippen molar-refractivity contribution in [2.75, 3.05) is 23.0 Å². The highest BCUT2D eigenvalue weighted by Crippen LogP contribution is 2.25. The Hall–Kier alpha value is -2.64. The molecule has 0 saturated carbocycles. The minimum atomic E-state index is -1.09. The number of fused-ring (bicyclic) bond motifs is 1. The van der Waals surface area contributed by atoms with Crippen molar-refractivity contribution in [3.05, 3.63) is 12.3 Å². The molecular weight excluding hydrogens is 260 g/mol. The fourth-order valence-electron chi connectivity index (χ4n) is 1.68. The van der Waals surface area contributed by atoms with Crippen LogP contribution in [0.4, 0.5) is 22.4 Å². The molecule has 8 heteroatoms. The van der Waals surface area contributed by atoms with Crippen molar-refractivity contribution in [2.45, 2.75) is 19.9 Å². The maximum Gasteiger partial charge on any atom is 0.412 e. The molecule has 8 nitrogen and oxygen atoms in total. The van der Waals surface area contributed by atoms with Crippen LogP contribution in [-0.2, 0) is 0 Å². The maximum absolute atomic E-state index is 11.0. The van der Waals surface area contributed by atoms with Gasteiger partial charge in [-0.1, -0.05) is 0 Å². The second-order valence-corrected chi connectivity index (χ2v) is 4.64. The predicted octanol–water partition coefficient (Wildman–Crippen LogP) is 1.54. The Morgan fingerprint density at radius 2 is 2.15 bits per heavy atom. The van der Waals surface area contributed by atoms with E-state index in [0.717, 1.165) is 4.90 Å². The van der Waals surface area contributed by atoms with Gasteiger partial charge in [-0.05, 0) is 19.9 Å². The number of nitrogens with one attached hydrogen (secondary N) is 1. The fraction of sp³-hybridized carbons (Fsp3) is 0.333. The zero-order chi connectivity index (χ0) is 14.9. The summed E-state index contributed by atoms with van der Waals surface area (Å²) in [4.78, 5) is 24.4. The fourth-order valence-corrected chi connectivity index (χ4v) is 1.68. The maximum atomic E-state index is 11.0. The second kappa shape index (κ2) is 5.16. The third-order valence-corrected chi connectivity index (χ3v) is 2.63. The standard InChI is InChI=1S/C12H16N6O2/c1-6(2)15-10-9-7(5-14-11(13)17-9)4-8(16-10)18(3)12(19)20/h4-6H,1-3H3,(H,15,16)(H,19,20)(H2,13,14,17). The molecule has 2 aromatic rings. The normalized spacial score (nSPS) is 10.8. The van der Waals surface area contributed by atoms with Crippen molar-refractivity contribution >= 4 is 34.6 Å². The number of pyridine rings is 1. The predicted molar refractivity (Wildman–Crippen MR) is 76.9 cm³/mol. The first-order valence-electron chi connectivity index (χ1n) is 6.05. The molecule has 0 aliphatic carbocycles. The molecule has 4 N–H and O–H groups in total. The number of carboxylic acid groups (broad SMARTS) is 1. The van der Waals surface area contributed by atoms with E-state index < -0.39 is 6.09 Å². The molecule has 0 fully saturated rings. The lowest BCUT2D eigenvalue weighted by Gasteiger charge is -2.17. The lowest BCUT2D eigenvalue weighted by atomic mass is 10.2. The van der Waals surface area contributed by atoms with Crippen LogP contribution in [0.5, 0.6) is 0 Å². The number of aromatic nitrogens is 3. The smallest absolute Gasteiger partial charge is 0.412 e. The Morgan fingerprint density at radius 3 is 2.75 bits per heavy atom. The highest BCUT2D eigenvalue weighted by Gasteiger charge is 2.15. The molecule has 2 aromatic heterocycles. The number of anilines is 3. The molecule has 106 valence electrons. The van der Waals surface area contributed by atoms with Gasteiger partial charge in [-0.2, -0.15) is 0 Å². The summed E-state index contributed by atoms with van der Waals surface area (Å²) in [6.45, 7) is 3.90. The van der Waals surface area contributed by atoms with E-state index in [1.54, 1.807) is 12.3 Å². The van der Waals surface area contributed by atoms with Crippen LogP contribution in [0.1, 0.15) is 13.8 Å². The molecule has 0 bridgehead atoms. The molecule has 0 spiro atoms. The molecular formula is C12H16N6O2. The number of nitrogen functional groups attached to an aromatic ring is 1. The van der Waals surface area contributed by atoms with Gasteiger partial charge in [-0.3, -0.25) is 4.90 Å². The van der Waals surface area contributed by atoms with E-state index in [4.69, 9.17) is 10.8 Å². The first-order chi connectivity index (χ1) is 9.38. The average molecular weight is 276 g/mol. The Kier molecular flexibility index (Phi) is 3.55. The van der Waals surface area contributed by atoms with Crippen molar-refractivity contribution in [2.24, 2.45) is 0 Å². The first kappa shape index (κ1) is 13.8. The van der Waals surface area contributed by atoms with E-state index in [0.29, 0.717) is 22.5 Å². The highest BCUT2D eigenvalue weighted by atomic mass is 16.4. The van der Waals surface area contributed by atoms with E-state index in [2.05, 4.69) is 20.3 Å². The third kappa shape index (κ3) is 2.68. The van der Waals surface area contributed by atoms with Gasteiger partial charge in [0.1, 0.15) is 11.3 Å². The Morgan fingerprint density at radius 1 is 1.45 bits per heavy atom. The van der Waals surface area contributed by atoms with Crippen LogP contribution in [0.15, 0.2) is 12.3 Å². The van der Waals surface area contributed by atoms with Gasteiger partial charge in [0.25, 0.3) is 0 Å². The van der Waals surface area contributed by atoms with Crippen molar-refractivity contribution in [3.8, 4) is 0 Å². The van der Waals surface area contributed by atoms with Gasteiger partial charge in [0.15, 0.2) is 5.82 Å². The molecule has 0 atom stereocenters. The Bertz CT molecular complexity index is 658. The largest absolute Gasteiger partial charge is 0.465 e. The molecule has 1 amide bonds. The Balaban J connectivity index is 2.63. The van der Waals surface area contributed by atoms with Gasteiger partial charge in [-0.15, -0.1) is 0 Å². The number of amides is 1. The van der Waals surface area contributed by atoms with Crippen molar-refractivity contribution in [1.82, 2.24) is 15.0 Å². The SMILES string of the molecule is CC(C)Nc1nc(N(C)C(=O)O)cc2cnc(N)nc12. The minimum Gasteiger partial charge on any atom is -0.465 e. The summed E-state index contributed by atoms with van der Waals surface area (Å²) < 4.78 is 0. The monoisotopic (exact) mass is 276 g/mol. The van der Waals surface area contributed by atoms with Crippen LogP contribution in [-0.4, -0.2) is 39.2 Å². The first-order valence-corrected chi connectivity index (χ1v) is 6.05. The molecule has 0 aliphatic rings. The van der Waals surface area contributed by atoms with Crippen molar-refractivity contribution in [3.63, 3.8) is 0 Å². The van der Waals surface area contributed by atoms with E-state index in [9.17, 15) is 4.79 Å². The zero-order valence-corrected chi connectivity index (χ0v) is 11.5. The summed E-state index contributed by atoms with van der Waals surface area (Å²) in [5, 5.41) is 12.8. The lowest BCUT2D eigenvalue weighted by Crippen LogP contribution is -2.25. The van der Waals surface area contributed by atoms with Crippen molar-refractivity contribution in [1.29, 1.82) is 0 Å². The van der Waals surface area contributed by atoms with Crippen LogP contribution < -0.4 is 16.0 Å². The summed E-state index contributed by atoms with van der Waals surface area (Å²) in [6, 6.07) is 1.72. The number of hydrogen-bond donors (Lipinski definition) is 3. The van der Waals surface area contributed by atoms with Crippen molar-refractivity contribution < 1.29 is 9.90 Å². The van der Waals surface area contributed by atoms with E-state index >= 15 is 0 Å². The summed E-state index contributed by atoms with van der Waals surface area (Å²) in [6.07, 6.45) is 0.452. The molecule has 2 heterocycles. The second-order valence-electron chi connectivity index (χ2n) is 4.64. The van der Waals surface area contributed by atoms with Crippen LogP contribution in [0.25, 0.3) is 10.9 Å². The molecule has 0 aromatic carbocycles. The van der Waals surface area contributed by atoms with Gasteiger partial charge in [0, 0.05) is 24.7 Å². The molecule has 0 saturated heterocycles. The Labute approximate surface area is 115 Å². The van der Waals surface area contributed by atoms with Crippen LogP contribution >= 0.6 is 0 Å². The quantitative estimate of drug-likeness (QED) is 0.778. The zero-order valence-electron chi connectivity index (χ0n) is 11.5. The molecule has 0 aliphatic heterocycles. The number of hydrogen-bond acceptors (Lipinski definition) is 6. The van der Waals surface area contributed by atoms with Gasteiger partial charge >= 0.3 is 6.09 Å². The van der Waals surface area contributed by atoms with E-state index in [1.165, 1.54) is 7.05 Å². The molecule has 20 heavy (non-hydrogen) atoms. The molecule has 0 radical (unpaired) electrons. The van der Waals surface area contributed by atoms with Gasteiger partial charge in [0.05, 0.1) is 0 Å². The number of carbonyl (C=O) groups is 1. The van der Waals surface area contributed by atoms with Gasteiger partial charge in [0.2, 0.25) is 5.95 Å². The summed E-state index contributed by atoms with van der Waals surface area (Å²) in [5.41, 5.74) is 6.15. The average Bonchev–Trinajstić information content (AvgIpc) is 2.37. The van der Waals surface area contributed by atoms with Crippen LogP contribution in [0.2, 0.25) is 0 Å². The number of nitrogens with two attached hydrogens (primary N) is 1. The number of nitrogens with zero attached hydrogens (tertiary/aromatic N) is 4. The topological polar surface area (TPSA) is 117 Å². The van der Waals surface area contributed by atoms with Crippen LogP contribution in [0.3, 0.4) is 0 Å². The summed E-state index contributed by atoms with van der Waals surface area (Å²) in [7, 11) is 1.42. The number of rotatable bonds is 3. The van der Waals surface area contributed by atoms with Gasteiger partial charge < -0.3 is 16.2 Å².